The Morgan fingerprint density at radius 1 is 1.53 bits per heavy atom. The topological polar surface area (TPSA) is 78.3 Å². The van der Waals surface area contributed by atoms with Crippen molar-refractivity contribution in [1.29, 1.82) is 0 Å². The van der Waals surface area contributed by atoms with Gasteiger partial charge < -0.3 is 16.2 Å². The van der Waals surface area contributed by atoms with E-state index in [9.17, 15) is 4.79 Å². The van der Waals surface area contributed by atoms with Gasteiger partial charge in [-0.15, -0.1) is 0 Å². The van der Waals surface area contributed by atoms with Crippen LogP contribution in [0.2, 0.25) is 0 Å². The molecule has 0 fully saturated rings. The quantitative estimate of drug-likeness (QED) is 0.826. The highest BCUT2D eigenvalue weighted by atomic mass is 16.5. The minimum absolute atomic E-state index is 0.139. The minimum atomic E-state index is -0.396. The molecule has 1 aliphatic heterocycles. The number of amides is 1. The summed E-state index contributed by atoms with van der Waals surface area (Å²) in [4.78, 5) is 10.9. The molecule has 1 aromatic carbocycles. The summed E-state index contributed by atoms with van der Waals surface area (Å²) in [6.07, 6.45) is 1.000. The zero-order valence-corrected chi connectivity index (χ0v) is 10.2. The van der Waals surface area contributed by atoms with Crippen LogP contribution in [0.1, 0.15) is 37.4 Å². The van der Waals surface area contributed by atoms with E-state index in [0.29, 0.717) is 0 Å². The molecule has 92 valence electrons. The fourth-order valence-corrected chi connectivity index (χ4v) is 2.26. The second kappa shape index (κ2) is 4.04. The molecule has 0 saturated carbocycles. The molecule has 0 saturated heterocycles. The van der Waals surface area contributed by atoms with Gasteiger partial charge in [-0.1, -0.05) is 18.2 Å². The summed E-state index contributed by atoms with van der Waals surface area (Å²) in [5.74, 6) is 0.429. The molecule has 1 aliphatic rings. The third-order valence-corrected chi connectivity index (χ3v) is 2.94. The molecule has 4 heteroatoms. The maximum absolute atomic E-state index is 10.9. The first-order valence-electron chi connectivity index (χ1n) is 5.74. The molecule has 2 rings (SSSR count). The fourth-order valence-electron chi connectivity index (χ4n) is 2.26. The molecule has 0 spiro atoms. The van der Waals surface area contributed by atoms with Gasteiger partial charge in [0.05, 0.1) is 0 Å². The molecule has 0 radical (unpaired) electrons. The average molecular weight is 234 g/mol. The lowest BCUT2D eigenvalue weighted by Crippen LogP contribution is -2.25. The first-order valence-corrected chi connectivity index (χ1v) is 5.74. The van der Waals surface area contributed by atoms with Crippen molar-refractivity contribution < 1.29 is 9.53 Å². The van der Waals surface area contributed by atoms with Crippen molar-refractivity contribution >= 4 is 5.91 Å². The third kappa shape index (κ3) is 2.42. The van der Waals surface area contributed by atoms with Crippen molar-refractivity contribution in [2.45, 2.75) is 38.3 Å². The van der Waals surface area contributed by atoms with Crippen LogP contribution in [0.5, 0.6) is 5.75 Å². The van der Waals surface area contributed by atoms with Crippen LogP contribution in [-0.4, -0.2) is 11.5 Å². The van der Waals surface area contributed by atoms with Crippen molar-refractivity contribution in [3.05, 3.63) is 29.3 Å². The second-order valence-electron chi connectivity index (χ2n) is 5.15. The Kier molecular flexibility index (Phi) is 2.83. The summed E-state index contributed by atoms with van der Waals surface area (Å²) in [6.45, 7) is 4.08. The first kappa shape index (κ1) is 11.9. The van der Waals surface area contributed by atoms with Crippen LogP contribution in [0.4, 0.5) is 0 Å². The zero-order valence-electron chi connectivity index (χ0n) is 10.2. The number of primary amides is 1. The molecule has 17 heavy (non-hydrogen) atoms. The molecule has 4 N–H and O–H groups in total. The number of carbonyl (C=O) groups is 1. The highest BCUT2D eigenvalue weighted by Crippen LogP contribution is 2.39. The predicted molar refractivity (Wildman–Crippen MR) is 65.6 cm³/mol. The fraction of sp³-hybridized carbons (Fsp3) is 0.462. The molecule has 4 nitrogen and oxygen atoms in total. The minimum Gasteiger partial charge on any atom is -0.487 e. The maximum Gasteiger partial charge on any atom is 0.219 e. The molecule has 1 amide bonds. The van der Waals surface area contributed by atoms with E-state index in [-0.39, 0.29) is 12.0 Å². The van der Waals surface area contributed by atoms with Gasteiger partial charge in [0.1, 0.15) is 11.4 Å². The summed E-state index contributed by atoms with van der Waals surface area (Å²) in [6, 6.07) is 5.48. The van der Waals surface area contributed by atoms with E-state index in [4.69, 9.17) is 16.2 Å². The smallest absolute Gasteiger partial charge is 0.219 e. The van der Waals surface area contributed by atoms with Gasteiger partial charge in [0.25, 0.3) is 0 Å². The van der Waals surface area contributed by atoms with Crippen molar-refractivity contribution in [2.75, 3.05) is 0 Å². The molecule has 0 bridgehead atoms. The van der Waals surface area contributed by atoms with Crippen molar-refractivity contribution in [3.63, 3.8) is 0 Å². The number of hydrogen-bond donors (Lipinski definition) is 2. The lowest BCUT2D eigenvalue weighted by Gasteiger charge is -2.19. The number of benzene rings is 1. The third-order valence-electron chi connectivity index (χ3n) is 2.94. The van der Waals surface area contributed by atoms with E-state index in [1.165, 1.54) is 0 Å². The van der Waals surface area contributed by atoms with Crippen molar-refractivity contribution in [1.82, 2.24) is 0 Å². The Balaban J connectivity index is 2.32. The van der Waals surface area contributed by atoms with E-state index < -0.39 is 11.9 Å². The number of hydrogen-bond acceptors (Lipinski definition) is 3. The number of para-hydroxylation sites is 1. The molecule has 1 unspecified atom stereocenters. The second-order valence-corrected chi connectivity index (χ2v) is 5.15. The number of ether oxygens (including phenoxy) is 1. The van der Waals surface area contributed by atoms with Gasteiger partial charge in [-0.2, -0.15) is 0 Å². The van der Waals surface area contributed by atoms with Crippen LogP contribution in [0.25, 0.3) is 0 Å². The SMILES string of the molecule is CC1(C)Cc2cccc(C(N)CC(N)=O)c2O1. The molecule has 1 heterocycles. The standard InChI is InChI=1S/C13H18N2O2/c1-13(2)7-8-4-3-5-9(12(8)17-13)10(14)6-11(15)16/h3-5,10H,6-7,14H2,1-2H3,(H2,15,16). The average Bonchev–Trinajstić information content (AvgIpc) is 2.49. The molecule has 1 aromatic rings. The van der Waals surface area contributed by atoms with Crippen LogP contribution < -0.4 is 16.2 Å². The molecular weight excluding hydrogens is 216 g/mol. The summed E-state index contributed by atoms with van der Waals surface area (Å²) >= 11 is 0. The van der Waals surface area contributed by atoms with E-state index in [2.05, 4.69) is 0 Å². The summed E-state index contributed by atoms with van der Waals surface area (Å²) < 4.78 is 5.90. The van der Waals surface area contributed by atoms with E-state index in [0.717, 1.165) is 23.3 Å². The van der Waals surface area contributed by atoms with Crippen LogP contribution in [-0.2, 0) is 11.2 Å². The van der Waals surface area contributed by atoms with Crippen molar-refractivity contribution in [2.24, 2.45) is 11.5 Å². The number of carbonyl (C=O) groups excluding carboxylic acids is 1. The first-order chi connectivity index (χ1) is 7.89. The number of fused-ring (bicyclic) bond motifs is 1. The Labute approximate surface area is 101 Å². The Hall–Kier alpha value is -1.55. The van der Waals surface area contributed by atoms with Crippen LogP contribution in [0.3, 0.4) is 0 Å². The van der Waals surface area contributed by atoms with E-state index in [1.807, 2.05) is 32.0 Å². The van der Waals surface area contributed by atoms with Crippen LogP contribution in [0.15, 0.2) is 18.2 Å². The van der Waals surface area contributed by atoms with Crippen molar-refractivity contribution in [3.8, 4) is 5.75 Å². The molecule has 1 atom stereocenters. The summed E-state index contributed by atoms with van der Waals surface area (Å²) in [7, 11) is 0. The van der Waals surface area contributed by atoms with Gasteiger partial charge in [0.15, 0.2) is 0 Å². The lowest BCUT2D eigenvalue weighted by atomic mass is 9.97. The molecule has 0 aromatic heterocycles. The lowest BCUT2D eigenvalue weighted by molar-refractivity contribution is -0.118. The highest BCUT2D eigenvalue weighted by Gasteiger charge is 2.32. The number of nitrogens with two attached hydrogens (primary N) is 2. The summed E-state index contributed by atoms with van der Waals surface area (Å²) in [5, 5.41) is 0. The molecule has 0 aliphatic carbocycles. The normalized spacial score (nSPS) is 18.3. The van der Waals surface area contributed by atoms with E-state index >= 15 is 0 Å². The highest BCUT2D eigenvalue weighted by molar-refractivity contribution is 5.75. The van der Waals surface area contributed by atoms with Crippen LogP contribution >= 0.6 is 0 Å². The summed E-state index contributed by atoms with van der Waals surface area (Å²) in [5.41, 5.74) is 13.0. The Morgan fingerprint density at radius 3 is 2.88 bits per heavy atom. The molecular formula is C13H18N2O2. The Morgan fingerprint density at radius 2 is 2.24 bits per heavy atom. The largest absolute Gasteiger partial charge is 0.487 e. The van der Waals surface area contributed by atoms with Gasteiger partial charge in [0.2, 0.25) is 5.91 Å². The van der Waals surface area contributed by atoms with Gasteiger partial charge in [0, 0.05) is 24.4 Å². The predicted octanol–water partition coefficient (Wildman–Crippen LogP) is 1.28. The maximum atomic E-state index is 10.9. The van der Waals surface area contributed by atoms with E-state index in [1.54, 1.807) is 0 Å². The van der Waals surface area contributed by atoms with Crippen LogP contribution in [0, 0.1) is 0 Å². The van der Waals surface area contributed by atoms with Gasteiger partial charge >= 0.3 is 0 Å². The Bertz CT molecular complexity index is 455. The zero-order chi connectivity index (χ0) is 12.6. The van der Waals surface area contributed by atoms with Gasteiger partial charge in [-0.05, 0) is 19.4 Å². The van der Waals surface area contributed by atoms with Gasteiger partial charge in [-0.25, -0.2) is 0 Å². The number of rotatable bonds is 3. The monoisotopic (exact) mass is 234 g/mol. The van der Waals surface area contributed by atoms with Gasteiger partial charge in [-0.3, -0.25) is 4.79 Å².